The van der Waals surface area contributed by atoms with Gasteiger partial charge in [-0.3, -0.25) is 4.79 Å². The van der Waals surface area contributed by atoms with E-state index in [9.17, 15) is 9.59 Å². The highest BCUT2D eigenvalue weighted by molar-refractivity contribution is 6.35. The lowest BCUT2D eigenvalue weighted by atomic mass is 9.97. The van der Waals surface area contributed by atoms with E-state index in [1.807, 2.05) is 0 Å². The van der Waals surface area contributed by atoms with Crippen molar-refractivity contribution in [1.82, 2.24) is 5.32 Å². The summed E-state index contributed by atoms with van der Waals surface area (Å²) < 4.78 is 10.1. The van der Waals surface area contributed by atoms with Crippen LogP contribution in [0.3, 0.4) is 0 Å². The first-order chi connectivity index (χ1) is 12.0. The topological polar surface area (TPSA) is 64.6 Å². The molecule has 7 heteroatoms. The minimum absolute atomic E-state index is 0.301. The van der Waals surface area contributed by atoms with Gasteiger partial charge in [0, 0.05) is 11.6 Å². The van der Waals surface area contributed by atoms with E-state index < -0.39 is 5.97 Å². The summed E-state index contributed by atoms with van der Waals surface area (Å²) in [5.41, 5.74) is 1.39. The molecule has 1 aliphatic carbocycles. The van der Waals surface area contributed by atoms with E-state index in [1.165, 1.54) is 24.5 Å². The summed E-state index contributed by atoms with van der Waals surface area (Å²) in [7, 11) is 0. The highest BCUT2D eigenvalue weighted by Crippen LogP contribution is 2.27. The zero-order valence-corrected chi connectivity index (χ0v) is 15.4. The summed E-state index contributed by atoms with van der Waals surface area (Å²) in [6.07, 6.45) is 7.78. The minimum atomic E-state index is -0.642. The molecule has 1 aromatic rings. The highest BCUT2D eigenvalue weighted by Gasteiger charge is 2.10. The second kappa shape index (κ2) is 10.3. The Morgan fingerprint density at radius 3 is 2.72 bits per heavy atom. The summed E-state index contributed by atoms with van der Waals surface area (Å²) in [4.78, 5) is 23.3. The maximum Gasteiger partial charge on any atom is 0.344 e. The van der Waals surface area contributed by atoms with E-state index in [0.29, 0.717) is 22.3 Å². The molecule has 5 nitrogen and oxygen atoms in total. The standard InChI is InChI=1S/C18H21Cl2NO4/c19-14-6-7-16(15(20)10-14)24-12-18(23)25-11-17(22)21-9-8-13-4-2-1-3-5-13/h4,6-7,10H,1-3,5,8-9,11-12H2,(H,21,22). The number of hydrogen-bond acceptors (Lipinski definition) is 4. The summed E-state index contributed by atoms with van der Waals surface area (Å²) in [5.74, 6) is -0.640. The number of carbonyl (C=O) groups excluding carboxylic acids is 2. The molecule has 0 saturated heterocycles. The summed E-state index contributed by atoms with van der Waals surface area (Å²) in [6, 6.07) is 4.67. The Morgan fingerprint density at radius 1 is 1.16 bits per heavy atom. The molecule has 0 spiro atoms. The average Bonchev–Trinajstić information content (AvgIpc) is 2.60. The maximum atomic E-state index is 11.7. The van der Waals surface area contributed by atoms with Gasteiger partial charge in [0.1, 0.15) is 5.75 Å². The number of ether oxygens (including phenoxy) is 2. The van der Waals surface area contributed by atoms with Gasteiger partial charge in [-0.2, -0.15) is 0 Å². The second-order valence-corrected chi connectivity index (χ2v) is 6.58. The van der Waals surface area contributed by atoms with Crippen molar-refractivity contribution >= 4 is 35.1 Å². The van der Waals surface area contributed by atoms with E-state index >= 15 is 0 Å². The molecule has 1 aromatic carbocycles. The third kappa shape index (κ3) is 7.36. The Bertz CT molecular complexity index is 646. The molecule has 0 radical (unpaired) electrons. The van der Waals surface area contributed by atoms with Gasteiger partial charge >= 0.3 is 5.97 Å². The fraction of sp³-hybridized carbons (Fsp3) is 0.444. The molecule has 1 N–H and O–H groups in total. The number of rotatable bonds is 8. The molecule has 0 atom stereocenters. The van der Waals surface area contributed by atoms with Crippen LogP contribution in [-0.2, 0) is 14.3 Å². The van der Waals surface area contributed by atoms with E-state index in [1.54, 1.807) is 12.1 Å². The fourth-order valence-electron chi connectivity index (χ4n) is 2.46. The van der Waals surface area contributed by atoms with Gasteiger partial charge < -0.3 is 14.8 Å². The van der Waals surface area contributed by atoms with Crippen LogP contribution in [0.15, 0.2) is 29.8 Å². The van der Waals surface area contributed by atoms with E-state index in [-0.39, 0.29) is 19.1 Å². The summed E-state index contributed by atoms with van der Waals surface area (Å²) in [5, 5.41) is 3.51. The summed E-state index contributed by atoms with van der Waals surface area (Å²) in [6.45, 7) is -0.101. The molecule has 1 aliphatic rings. The zero-order chi connectivity index (χ0) is 18.1. The Labute approximate surface area is 157 Å². The van der Waals surface area contributed by atoms with Gasteiger partial charge in [-0.25, -0.2) is 4.79 Å². The zero-order valence-electron chi connectivity index (χ0n) is 13.9. The fourth-order valence-corrected chi connectivity index (χ4v) is 2.92. The van der Waals surface area contributed by atoms with Gasteiger partial charge in [0.2, 0.25) is 0 Å². The smallest absolute Gasteiger partial charge is 0.344 e. The van der Waals surface area contributed by atoms with Crippen LogP contribution in [0.5, 0.6) is 5.75 Å². The number of amides is 1. The Morgan fingerprint density at radius 2 is 2.00 bits per heavy atom. The van der Waals surface area contributed by atoms with Crippen LogP contribution in [0.4, 0.5) is 0 Å². The van der Waals surface area contributed by atoms with Crippen molar-refractivity contribution in [3.8, 4) is 5.75 Å². The maximum absolute atomic E-state index is 11.7. The molecule has 0 bridgehead atoms. The lowest BCUT2D eigenvalue weighted by molar-refractivity contribution is -0.150. The molecule has 0 aliphatic heterocycles. The van der Waals surface area contributed by atoms with E-state index in [2.05, 4.69) is 11.4 Å². The first-order valence-corrected chi connectivity index (χ1v) is 8.98. The molecule has 25 heavy (non-hydrogen) atoms. The molecule has 0 aromatic heterocycles. The van der Waals surface area contributed by atoms with Gasteiger partial charge in [-0.05, 0) is 50.3 Å². The largest absolute Gasteiger partial charge is 0.480 e. The third-order valence-electron chi connectivity index (χ3n) is 3.76. The van der Waals surface area contributed by atoms with Crippen molar-refractivity contribution in [2.45, 2.75) is 32.1 Å². The Kier molecular flexibility index (Phi) is 8.09. The SMILES string of the molecule is O=C(COC(=O)COc1ccc(Cl)cc1Cl)NCCC1=CCCCC1. The predicted molar refractivity (Wildman–Crippen MR) is 97.1 cm³/mol. The monoisotopic (exact) mass is 385 g/mol. The lowest BCUT2D eigenvalue weighted by Gasteiger charge is -2.13. The van der Waals surface area contributed by atoms with Crippen LogP contribution in [-0.4, -0.2) is 31.6 Å². The number of nitrogens with one attached hydrogen (secondary N) is 1. The van der Waals surface area contributed by atoms with E-state index in [4.69, 9.17) is 32.7 Å². The molecule has 0 saturated carbocycles. The minimum Gasteiger partial charge on any atom is -0.480 e. The van der Waals surface area contributed by atoms with Crippen LogP contribution in [0.25, 0.3) is 0 Å². The van der Waals surface area contributed by atoms with Crippen LogP contribution < -0.4 is 10.1 Å². The van der Waals surface area contributed by atoms with Gasteiger partial charge in [0.05, 0.1) is 5.02 Å². The van der Waals surface area contributed by atoms with Crippen LogP contribution >= 0.6 is 23.2 Å². The van der Waals surface area contributed by atoms with Gasteiger partial charge in [0.15, 0.2) is 13.2 Å². The number of benzene rings is 1. The predicted octanol–water partition coefficient (Wildman–Crippen LogP) is 3.92. The van der Waals surface area contributed by atoms with Crippen molar-refractivity contribution in [1.29, 1.82) is 0 Å². The van der Waals surface area contributed by atoms with Crippen LogP contribution in [0, 0.1) is 0 Å². The van der Waals surface area contributed by atoms with Crippen molar-refractivity contribution in [2.75, 3.05) is 19.8 Å². The normalized spacial score (nSPS) is 13.8. The number of halogens is 2. The molecule has 0 fully saturated rings. The molecular formula is C18H21Cl2NO4. The Balaban J connectivity index is 1.60. The molecule has 0 unspecified atom stereocenters. The molecular weight excluding hydrogens is 365 g/mol. The number of esters is 1. The highest BCUT2D eigenvalue weighted by atomic mass is 35.5. The van der Waals surface area contributed by atoms with Crippen molar-refractivity contribution in [3.05, 3.63) is 39.9 Å². The lowest BCUT2D eigenvalue weighted by Crippen LogP contribution is -2.30. The quantitative estimate of drug-likeness (QED) is 0.543. The second-order valence-electron chi connectivity index (χ2n) is 5.73. The molecule has 1 amide bonds. The van der Waals surface area contributed by atoms with Gasteiger partial charge in [-0.15, -0.1) is 0 Å². The van der Waals surface area contributed by atoms with Gasteiger partial charge in [0.25, 0.3) is 5.91 Å². The molecule has 136 valence electrons. The third-order valence-corrected chi connectivity index (χ3v) is 4.29. The average molecular weight is 386 g/mol. The first kappa shape index (κ1) is 19.6. The van der Waals surface area contributed by atoms with Crippen molar-refractivity contribution in [3.63, 3.8) is 0 Å². The molecule has 0 heterocycles. The van der Waals surface area contributed by atoms with Crippen LogP contribution in [0.1, 0.15) is 32.1 Å². The van der Waals surface area contributed by atoms with E-state index in [0.717, 1.165) is 19.3 Å². The number of allylic oxidation sites excluding steroid dienone is 1. The molecule has 2 rings (SSSR count). The first-order valence-electron chi connectivity index (χ1n) is 8.22. The summed E-state index contributed by atoms with van der Waals surface area (Å²) >= 11 is 11.7. The number of hydrogen-bond donors (Lipinski definition) is 1. The Hall–Kier alpha value is -1.72. The van der Waals surface area contributed by atoms with Gasteiger partial charge in [-0.1, -0.05) is 34.9 Å². The van der Waals surface area contributed by atoms with Crippen molar-refractivity contribution in [2.24, 2.45) is 0 Å². The van der Waals surface area contributed by atoms with Crippen LogP contribution in [0.2, 0.25) is 10.0 Å². The van der Waals surface area contributed by atoms with Crippen molar-refractivity contribution < 1.29 is 19.1 Å². The number of carbonyl (C=O) groups is 2.